The van der Waals surface area contributed by atoms with Gasteiger partial charge < -0.3 is 5.32 Å². The van der Waals surface area contributed by atoms with Crippen LogP contribution in [-0.4, -0.2) is 16.2 Å². The second-order valence-corrected chi connectivity index (χ2v) is 6.30. The Hall–Kier alpha value is -1.11. The predicted molar refractivity (Wildman–Crippen MR) is 97.1 cm³/mol. The van der Waals surface area contributed by atoms with Crippen molar-refractivity contribution < 1.29 is 9.59 Å². The highest BCUT2D eigenvalue weighted by Crippen LogP contribution is 2.28. The highest BCUT2D eigenvalue weighted by Gasteiger charge is 2.24. The Morgan fingerprint density at radius 2 is 1.52 bits per heavy atom. The number of carbonyl (C=O) groups excluding carboxylic acids is 2. The third-order valence-electron chi connectivity index (χ3n) is 2.73. The summed E-state index contributed by atoms with van der Waals surface area (Å²) in [4.78, 5) is 24.4. The van der Waals surface area contributed by atoms with Crippen LogP contribution in [0.25, 0.3) is 0 Å². The van der Waals surface area contributed by atoms with Crippen molar-refractivity contribution in [1.82, 2.24) is 4.31 Å². The topological polar surface area (TPSA) is 49.4 Å². The van der Waals surface area contributed by atoms with E-state index in [-0.39, 0.29) is 20.6 Å². The number of nitrogens with one attached hydrogen (secondary N) is 1. The first-order valence-electron chi connectivity index (χ1n) is 6.04. The van der Waals surface area contributed by atoms with Crippen LogP contribution in [0.5, 0.6) is 0 Å². The predicted octanol–water partition coefficient (Wildman–Crippen LogP) is 5.82. The summed E-state index contributed by atoms with van der Waals surface area (Å²) in [5.41, 5.74) is 0.330. The first-order chi connectivity index (χ1) is 10.8. The minimum Gasteiger partial charge on any atom is -0.307 e. The van der Waals surface area contributed by atoms with E-state index in [0.29, 0.717) is 15.0 Å². The van der Waals surface area contributed by atoms with E-state index in [9.17, 15) is 9.59 Å². The fraction of sp³-hybridized carbons (Fsp3) is 0. The standard InChI is InChI=1S/C14H8Cl4N2O2S/c15-8-5-4-7(6-11(8)18)19-14(22)20(23)13(21)12-9(16)2-1-3-10(12)17/h1-6,23H,(H,19,22). The number of rotatable bonds is 2. The van der Waals surface area contributed by atoms with Gasteiger partial charge in [0.25, 0.3) is 5.91 Å². The maximum absolute atomic E-state index is 12.3. The van der Waals surface area contributed by atoms with Crippen molar-refractivity contribution in [1.29, 1.82) is 0 Å². The third kappa shape index (κ3) is 4.25. The van der Waals surface area contributed by atoms with Crippen LogP contribution in [0.2, 0.25) is 20.1 Å². The Balaban J connectivity index is 2.19. The van der Waals surface area contributed by atoms with Gasteiger partial charge in [-0.1, -0.05) is 65.3 Å². The van der Waals surface area contributed by atoms with Gasteiger partial charge in [0.05, 0.1) is 25.7 Å². The summed E-state index contributed by atoms with van der Waals surface area (Å²) in [5.74, 6) is -0.763. The van der Waals surface area contributed by atoms with Crippen LogP contribution in [0.3, 0.4) is 0 Å². The third-order valence-corrected chi connectivity index (χ3v) is 4.46. The van der Waals surface area contributed by atoms with Crippen molar-refractivity contribution in [2.24, 2.45) is 0 Å². The normalized spacial score (nSPS) is 10.3. The Kier molecular flexibility index (Phi) is 6.06. The molecule has 0 bridgehead atoms. The highest BCUT2D eigenvalue weighted by atomic mass is 35.5. The van der Waals surface area contributed by atoms with Crippen molar-refractivity contribution in [3.8, 4) is 0 Å². The van der Waals surface area contributed by atoms with Crippen LogP contribution < -0.4 is 5.32 Å². The molecule has 0 saturated heterocycles. The first-order valence-corrected chi connectivity index (χ1v) is 7.96. The van der Waals surface area contributed by atoms with E-state index in [4.69, 9.17) is 46.4 Å². The van der Waals surface area contributed by atoms with E-state index < -0.39 is 11.9 Å². The number of amides is 3. The number of thiol groups is 1. The van der Waals surface area contributed by atoms with E-state index >= 15 is 0 Å². The molecule has 3 amide bonds. The fourth-order valence-corrected chi connectivity index (χ4v) is 2.66. The van der Waals surface area contributed by atoms with Crippen molar-refractivity contribution >= 4 is 76.8 Å². The molecule has 0 atom stereocenters. The lowest BCUT2D eigenvalue weighted by Gasteiger charge is -2.16. The minimum absolute atomic E-state index is 0.0184. The number of carbonyl (C=O) groups is 2. The summed E-state index contributed by atoms with van der Waals surface area (Å²) < 4.78 is 0.565. The first kappa shape index (κ1) is 18.2. The Morgan fingerprint density at radius 3 is 2.09 bits per heavy atom. The second kappa shape index (κ2) is 7.64. The van der Waals surface area contributed by atoms with Crippen molar-refractivity contribution in [3.63, 3.8) is 0 Å². The molecular formula is C14H8Cl4N2O2S. The number of halogens is 4. The molecule has 0 radical (unpaired) electrons. The largest absolute Gasteiger partial charge is 0.338 e. The summed E-state index contributed by atoms with van der Waals surface area (Å²) in [5, 5.41) is 3.29. The van der Waals surface area contributed by atoms with E-state index in [2.05, 4.69) is 18.1 Å². The maximum Gasteiger partial charge on any atom is 0.338 e. The average molecular weight is 410 g/mol. The molecule has 4 nitrogen and oxygen atoms in total. The van der Waals surface area contributed by atoms with Gasteiger partial charge in [-0.3, -0.25) is 4.79 Å². The van der Waals surface area contributed by atoms with Gasteiger partial charge in [-0.2, -0.15) is 0 Å². The molecule has 0 spiro atoms. The zero-order valence-corrected chi connectivity index (χ0v) is 15.1. The van der Waals surface area contributed by atoms with E-state index in [1.165, 1.54) is 30.3 Å². The van der Waals surface area contributed by atoms with Gasteiger partial charge in [-0.25, -0.2) is 9.10 Å². The molecule has 0 unspecified atom stereocenters. The molecular weight excluding hydrogens is 402 g/mol. The lowest BCUT2D eigenvalue weighted by atomic mass is 10.2. The van der Waals surface area contributed by atoms with Crippen LogP contribution >= 0.6 is 59.2 Å². The molecule has 0 aromatic heterocycles. The second-order valence-electron chi connectivity index (χ2n) is 4.27. The molecule has 23 heavy (non-hydrogen) atoms. The van der Waals surface area contributed by atoms with E-state index in [1.54, 1.807) is 6.07 Å². The summed E-state index contributed by atoms with van der Waals surface area (Å²) in [7, 11) is 0. The number of imide groups is 1. The summed E-state index contributed by atoms with van der Waals surface area (Å²) in [6.45, 7) is 0. The van der Waals surface area contributed by atoms with Gasteiger partial charge in [0.2, 0.25) is 0 Å². The molecule has 0 heterocycles. The van der Waals surface area contributed by atoms with Crippen LogP contribution in [0, 0.1) is 0 Å². The van der Waals surface area contributed by atoms with Crippen LogP contribution in [0.15, 0.2) is 36.4 Å². The fourth-order valence-electron chi connectivity index (χ4n) is 1.65. The smallest absolute Gasteiger partial charge is 0.307 e. The molecule has 2 aromatic carbocycles. The quantitative estimate of drug-likeness (QED) is 0.614. The lowest BCUT2D eigenvalue weighted by molar-refractivity contribution is 0.0902. The summed E-state index contributed by atoms with van der Waals surface area (Å²) >= 11 is 27.4. The van der Waals surface area contributed by atoms with Crippen LogP contribution in [0.1, 0.15) is 10.4 Å². The number of hydrogen-bond donors (Lipinski definition) is 2. The molecule has 0 fully saturated rings. The number of hydrogen-bond acceptors (Lipinski definition) is 3. The number of anilines is 1. The zero-order chi connectivity index (χ0) is 17.1. The molecule has 0 aliphatic carbocycles. The van der Waals surface area contributed by atoms with Crippen LogP contribution in [-0.2, 0) is 0 Å². The Morgan fingerprint density at radius 1 is 0.913 bits per heavy atom. The van der Waals surface area contributed by atoms with Gasteiger partial charge in [0.15, 0.2) is 0 Å². The monoisotopic (exact) mass is 408 g/mol. The Bertz CT molecular complexity index is 765. The van der Waals surface area contributed by atoms with Gasteiger partial charge in [-0.05, 0) is 30.3 Å². The van der Waals surface area contributed by atoms with E-state index in [0.717, 1.165) is 0 Å². The summed E-state index contributed by atoms with van der Waals surface area (Å²) in [6.07, 6.45) is 0. The molecule has 2 aromatic rings. The Labute approximate surface area is 157 Å². The van der Waals surface area contributed by atoms with Crippen molar-refractivity contribution in [2.45, 2.75) is 0 Å². The minimum atomic E-state index is -0.798. The SMILES string of the molecule is O=C(Nc1ccc(Cl)c(Cl)c1)N(S)C(=O)c1c(Cl)cccc1Cl. The lowest BCUT2D eigenvalue weighted by Crippen LogP contribution is -2.33. The van der Waals surface area contributed by atoms with Gasteiger partial charge in [0.1, 0.15) is 0 Å². The number of urea groups is 1. The van der Waals surface area contributed by atoms with E-state index in [1.807, 2.05) is 0 Å². The molecule has 0 aliphatic rings. The molecule has 2 rings (SSSR count). The molecule has 120 valence electrons. The highest BCUT2D eigenvalue weighted by molar-refractivity contribution is 7.79. The zero-order valence-electron chi connectivity index (χ0n) is 11.2. The number of benzene rings is 2. The molecule has 0 saturated carbocycles. The van der Waals surface area contributed by atoms with Crippen LogP contribution in [0.4, 0.5) is 10.5 Å². The maximum atomic E-state index is 12.3. The number of nitrogens with zero attached hydrogens (tertiary/aromatic N) is 1. The van der Waals surface area contributed by atoms with Gasteiger partial charge in [0, 0.05) is 5.69 Å². The van der Waals surface area contributed by atoms with Gasteiger partial charge >= 0.3 is 6.03 Å². The van der Waals surface area contributed by atoms with Gasteiger partial charge in [-0.15, -0.1) is 0 Å². The average Bonchev–Trinajstić information content (AvgIpc) is 2.49. The molecule has 1 N–H and O–H groups in total. The molecule has 0 aliphatic heterocycles. The van der Waals surface area contributed by atoms with Crippen molar-refractivity contribution in [3.05, 3.63) is 62.1 Å². The van der Waals surface area contributed by atoms with Crippen molar-refractivity contribution in [2.75, 3.05) is 5.32 Å². The molecule has 9 heteroatoms. The summed E-state index contributed by atoms with van der Waals surface area (Å²) in [6, 6.07) is 8.23.